The van der Waals surface area contributed by atoms with Gasteiger partial charge in [-0.25, -0.2) is 0 Å². The van der Waals surface area contributed by atoms with Crippen molar-refractivity contribution in [3.8, 4) is 0 Å². The number of amides is 1. The number of unbranched alkanes of at least 4 members (excludes halogenated alkanes) is 2. The van der Waals surface area contributed by atoms with Gasteiger partial charge in [-0.05, 0) is 44.7 Å². The van der Waals surface area contributed by atoms with Crippen molar-refractivity contribution in [2.24, 2.45) is 5.41 Å². The number of rotatable bonds is 8. The molecular formula is C15H30N2O. The van der Waals surface area contributed by atoms with E-state index in [0.29, 0.717) is 5.91 Å². The van der Waals surface area contributed by atoms with Crippen LogP contribution >= 0.6 is 0 Å². The van der Waals surface area contributed by atoms with Crippen LogP contribution in [0.3, 0.4) is 0 Å². The fraction of sp³-hybridized carbons (Fsp3) is 0.933. The Morgan fingerprint density at radius 1 is 1.22 bits per heavy atom. The molecule has 0 atom stereocenters. The van der Waals surface area contributed by atoms with Gasteiger partial charge >= 0.3 is 0 Å². The van der Waals surface area contributed by atoms with Crippen molar-refractivity contribution < 1.29 is 4.79 Å². The molecule has 0 unspecified atom stereocenters. The molecule has 1 aliphatic rings. The van der Waals surface area contributed by atoms with E-state index in [4.69, 9.17) is 0 Å². The smallest absolute Gasteiger partial charge is 0.222 e. The van der Waals surface area contributed by atoms with E-state index in [1.54, 1.807) is 0 Å². The fourth-order valence-electron chi connectivity index (χ4n) is 2.86. The molecule has 0 saturated heterocycles. The molecule has 0 spiro atoms. The second kappa shape index (κ2) is 7.78. The summed E-state index contributed by atoms with van der Waals surface area (Å²) in [6.45, 7) is 4.27. The molecule has 1 N–H and O–H groups in total. The van der Waals surface area contributed by atoms with Crippen molar-refractivity contribution in [2.45, 2.75) is 58.3 Å². The molecule has 0 aromatic carbocycles. The topological polar surface area (TPSA) is 32.3 Å². The van der Waals surface area contributed by atoms with Gasteiger partial charge in [0.1, 0.15) is 0 Å². The molecule has 0 bridgehead atoms. The fourth-order valence-corrected chi connectivity index (χ4v) is 2.86. The first-order valence-corrected chi connectivity index (χ1v) is 7.46. The Bertz CT molecular complexity index is 247. The molecule has 18 heavy (non-hydrogen) atoms. The van der Waals surface area contributed by atoms with Crippen molar-refractivity contribution >= 4 is 5.91 Å². The summed E-state index contributed by atoms with van der Waals surface area (Å²) in [5, 5.41) is 3.15. The number of carbonyl (C=O) groups is 1. The van der Waals surface area contributed by atoms with Gasteiger partial charge in [-0.2, -0.15) is 0 Å². The van der Waals surface area contributed by atoms with Gasteiger partial charge in [0.15, 0.2) is 0 Å². The Morgan fingerprint density at radius 2 is 1.89 bits per heavy atom. The minimum atomic E-state index is 0.289. The molecule has 106 valence electrons. The van der Waals surface area contributed by atoms with Crippen LogP contribution in [0.5, 0.6) is 0 Å². The third-order valence-corrected chi connectivity index (χ3v) is 4.23. The third kappa shape index (κ3) is 5.38. The summed E-state index contributed by atoms with van der Waals surface area (Å²) in [6, 6.07) is 0. The molecule has 0 radical (unpaired) electrons. The lowest BCUT2D eigenvalue weighted by Gasteiger charge is -2.26. The zero-order valence-corrected chi connectivity index (χ0v) is 12.4. The van der Waals surface area contributed by atoms with Crippen LogP contribution in [0.4, 0.5) is 0 Å². The molecule has 0 aliphatic heterocycles. The number of hydrogen-bond acceptors (Lipinski definition) is 2. The van der Waals surface area contributed by atoms with Gasteiger partial charge < -0.3 is 10.2 Å². The zero-order chi connectivity index (χ0) is 13.4. The minimum Gasteiger partial charge on any atom is -0.346 e. The highest BCUT2D eigenvalue weighted by Gasteiger charge is 2.31. The number of hydrogen-bond donors (Lipinski definition) is 1. The molecule has 1 amide bonds. The highest BCUT2D eigenvalue weighted by molar-refractivity contribution is 5.76. The Balaban J connectivity index is 2.16. The normalized spacial score (nSPS) is 17.9. The highest BCUT2D eigenvalue weighted by Crippen LogP contribution is 2.40. The maximum atomic E-state index is 12.1. The molecule has 1 rings (SSSR count). The van der Waals surface area contributed by atoms with Crippen LogP contribution in [0, 0.1) is 5.41 Å². The van der Waals surface area contributed by atoms with E-state index in [1.807, 2.05) is 19.0 Å². The second-order valence-electron chi connectivity index (χ2n) is 6.17. The Hall–Kier alpha value is -0.570. The van der Waals surface area contributed by atoms with E-state index < -0.39 is 0 Å². The van der Waals surface area contributed by atoms with Gasteiger partial charge in [0.05, 0.1) is 0 Å². The Kier molecular flexibility index (Phi) is 6.69. The van der Waals surface area contributed by atoms with Crippen molar-refractivity contribution in [3.63, 3.8) is 0 Å². The predicted octanol–water partition coefficient (Wildman–Crippen LogP) is 2.80. The molecule has 3 nitrogen and oxygen atoms in total. The average molecular weight is 254 g/mol. The first-order valence-electron chi connectivity index (χ1n) is 7.46. The quantitative estimate of drug-likeness (QED) is 0.676. The predicted molar refractivity (Wildman–Crippen MR) is 76.6 cm³/mol. The standard InChI is InChI=1S/C15H30N2O/c1-15(9-5-6-10-15)13-14(18)17(3)12-8-4-7-11-16-2/h16H,4-13H2,1-3H3. The van der Waals surface area contributed by atoms with Gasteiger partial charge in [-0.1, -0.05) is 26.2 Å². The number of nitrogens with zero attached hydrogens (tertiary/aromatic N) is 1. The molecule has 0 heterocycles. The largest absolute Gasteiger partial charge is 0.346 e. The minimum absolute atomic E-state index is 0.289. The van der Waals surface area contributed by atoms with Gasteiger partial charge in [-0.3, -0.25) is 4.79 Å². The van der Waals surface area contributed by atoms with E-state index in [-0.39, 0.29) is 5.41 Å². The monoisotopic (exact) mass is 254 g/mol. The van der Waals surface area contributed by atoms with Gasteiger partial charge in [0.25, 0.3) is 0 Å². The van der Waals surface area contributed by atoms with Crippen molar-refractivity contribution in [2.75, 3.05) is 27.2 Å². The number of carbonyl (C=O) groups excluding carboxylic acids is 1. The van der Waals surface area contributed by atoms with Crippen LogP contribution in [0.1, 0.15) is 58.3 Å². The van der Waals surface area contributed by atoms with Crippen LogP contribution in [-0.4, -0.2) is 38.0 Å². The maximum Gasteiger partial charge on any atom is 0.222 e. The summed E-state index contributed by atoms with van der Waals surface area (Å²) in [7, 11) is 3.94. The van der Waals surface area contributed by atoms with E-state index >= 15 is 0 Å². The lowest BCUT2D eigenvalue weighted by molar-refractivity contribution is -0.132. The first kappa shape index (κ1) is 15.5. The second-order valence-corrected chi connectivity index (χ2v) is 6.17. The van der Waals surface area contributed by atoms with E-state index in [9.17, 15) is 4.79 Å². The molecule has 0 aromatic heterocycles. The van der Waals surface area contributed by atoms with E-state index in [1.165, 1.54) is 38.5 Å². The van der Waals surface area contributed by atoms with Crippen LogP contribution in [0.2, 0.25) is 0 Å². The van der Waals surface area contributed by atoms with E-state index in [0.717, 1.165) is 25.9 Å². The van der Waals surface area contributed by atoms with Crippen LogP contribution in [0.25, 0.3) is 0 Å². The molecule has 1 aliphatic carbocycles. The van der Waals surface area contributed by atoms with Crippen molar-refractivity contribution in [3.05, 3.63) is 0 Å². The lowest BCUT2D eigenvalue weighted by atomic mass is 9.85. The molecule has 3 heteroatoms. The SMILES string of the molecule is CNCCCCCN(C)C(=O)CC1(C)CCCC1. The van der Waals surface area contributed by atoms with Crippen LogP contribution < -0.4 is 5.32 Å². The molecule has 0 aromatic rings. The Morgan fingerprint density at radius 3 is 2.50 bits per heavy atom. The molecule has 1 fully saturated rings. The van der Waals surface area contributed by atoms with Crippen LogP contribution in [0.15, 0.2) is 0 Å². The summed E-state index contributed by atoms with van der Waals surface area (Å²) >= 11 is 0. The summed E-state index contributed by atoms with van der Waals surface area (Å²) in [6.07, 6.45) is 9.35. The van der Waals surface area contributed by atoms with Gasteiger partial charge in [-0.15, -0.1) is 0 Å². The summed E-state index contributed by atoms with van der Waals surface area (Å²) in [4.78, 5) is 14.1. The lowest BCUT2D eigenvalue weighted by Crippen LogP contribution is -2.31. The summed E-state index contributed by atoms with van der Waals surface area (Å²) < 4.78 is 0. The highest BCUT2D eigenvalue weighted by atomic mass is 16.2. The maximum absolute atomic E-state index is 12.1. The van der Waals surface area contributed by atoms with Gasteiger partial charge in [0.2, 0.25) is 5.91 Å². The van der Waals surface area contributed by atoms with Crippen LogP contribution in [-0.2, 0) is 4.79 Å². The summed E-state index contributed by atoms with van der Waals surface area (Å²) in [5.41, 5.74) is 0.289. The van der Waals surface area contributed by atoms with Crippen molar-refractivity contribution in [1.29, 1.82) is 0 Å². The number of nitrogens with one attached hydrogen (secondary N) is 1. The molecular weight excluding hydrogens is 224 g/mol. The zero-order valence-electron chi connectivity index (χ0n) is 12.4. The Labute approximate surface area is 112 Å². The van der Waals surface area contributed by atoms with Crippen molar-refractivity contribution in [1.82, 2.24) is 10.2 Å². The summed E-state index contributed by atoms with van der Waals surface area (Å²) in [5.74, 6) is 0.341. The third-order valence-electron chi connectivity index (χ3n) is 4.23. The molecule has 1 saturated carbocycles. The average Bonchev–Trinajstić information content (AvgIpc) is 2.75. The van der Waals surface area contributed by atoms with Gasteiger partial charge in [0, 0.05) is 20.0 Å². The van der Waals surface area contributed by atoms with E-state index in [2.05, 4.69) is 12.2 Å². The first-order chi connectivity index (χ1) is 8.57.